The summed E-state index contributed by atoms with van der Waals surface area (Å²) in [5.74, 6) is 0.647. The van der Waals surface area contributed by atoms with Gasteiger partial charge in [-0.1, -0.05) is 24.3 Å². The van der Waals surface area contributed by atoms with Gasteiger partial charge in [-0.05, 0) is 30.9 Å². The molecule has 17 heavy (non-hydrogen) atoms. The molecule has 0 spiro atoms. The van der Waals surface area contributed by atoms with Crippen LogP contribution in [0.5, 0.6) is 5.88 Å². The van der Waals surface area contributed by atoms with Gasteiger partial charge in [0.1, 0.15) is 6.10 Å². The molecule has 1 aromatic heterocycles. The van der Waals surface area contributed by atoms with Crippen LogP contribution in [0.2, 0.25) is 0 Å². The van der Waals surface area contributed by atoms with Crippen molar-refractivity contribution >= 4 is 0 Å². The molecule has 0 bridgehead atoms. The molecule has 0 fully saturated rings. The fraction of sp³-hybridized carbons (Fsp3) is 0.286. The number of hydrogen-bond donors (Lipinski definition) is 0. The Kier molecular flexibility index (Phi) is 2.52. The third kappa shape index (κ3) is 1.88. The molecule has 3 heteroatoms. The molecule has 3 nitrogen and oxygen atoms in total. The van der Waals surface area contributed by atoms with Crippen LogP contribution in [0.25, 0.3) is 0 Å². The Morgan fingerprint density at radius 3 is 2.88 bits per heavy atom. The molecule has 1 aliphatic carbocycles. The molecule has 3 rings (SSSR count). The zero-order valence-corrected chi connectivity index (χ0v) is 9.76. The summed E-state index contributed by atoms with van der Waals surface area (Å²) in [5.41, 5.74) is 3.52. The third-order valence-corrected chi connectivity index (χ3v) is 3.17. The fourth-order valence-electron chi connectivity index (χ4n) is 2.29. The fourth-order valence-corrected chi connectivity index (χ4v) is 2.29. The van der Waals surface area contributed by atoms with Crippen molar-refractivity contribution in [2.75, 3.05) is 0 Å². The van der Waals surface area contributed by atoms with Crippen LogP contribution >= 0.6 is 0 Å². The second-order valence-corrected chi connectivity index (χ2v) is 4.29. The highest BCUT2D eigenvalue weighted by atomic mass is 16.5. The van der Waals surface area contributed by atoms with E-state index in [4.69, 9.17) is 4.74 Å². The van der Waals surface area contributed by atoms with Gasteiger partial charge in [0.25, 0.3) is 0 Å². The van der Waals surface area contributed by atoms with Crippen LogP contribution in [0.3, 0.4) is 0 Å². The van der Waals surface area contributed by atoms with Crippen molar-refractivity contribution in [3.8, 4) is 5.88 Å². The van der Waals surface area contributed by atoms with Crippen molar-refractivity contribution in [3.05, 3.63) is 53.5 Å². The SMILES string of the molecule is Cc1nccnc1OC1CCc2ccccc21. The highest BCUT2D eigenvalue weighted by molar-refractivity contribution is 5.34. The normalized spacial score (nSPS) is 17.8. The van der Waals surface area contributed by atoms with E-state index in [0.29, 0.717) is 5.88 Å². The van der Waals surface area contributed by atoms with Crippen molar-refractivity contribution in [2.45, 2.75) is 25.9 Å². The summed E-state index contributed by atoms with van der Waals surface area (Å²) >= 11 is 0. The lowest BCUT2D eigenvalue weighted by Gasteiger charge is -2.14. The molecule has 1 aliphatic rings. The maximum absolute atomic E-state index is 5.96. The van der Waals surface area contributed by atoms with Crippen LogP contribution in [-0.2, 0) is 6.42 Å². The Labute approximate surface area is 100 Å². The highest BCUT2D eigenvalue weighted by Crippen LogP contribution is 2.34. The number of fused-ring (bicyclic) bond motifs is 1. The van der Waals surface area contributed by atoms with Gasteiger partial charge >= 0.3 is 0 Å². The lowest BCUT2D eigenvalue weighted by atomic mass is 10.1. The van der Waals surface area contributed by atoms with E-state index in [0.717, 1.165) is 18.5 Å². The van der Waals surface area contributed by atoms with E-state index in [2.05, 4.69) is 34.2 Å². The molecular weight excluding hydrogens is 212 g/mol. The monoisotopic (exact) mass is 226 g/mol. The number of rotatable bonds is 2. The predicted octanol–water partition coefficient (Wildman–Crippen LogP) is 2.85. The Morgan fingerprint density at radius 1 is 1.18 bits per heavy atom. The van der Waals surface area contributed by atoms with Gasteiger partial charge in [0.15, 0.2) is 0 Å². The second kappa shape index (κ2) is 4.17. The van der Waals surface area contributed by atoms with Gasteiger partial charge in [0.2, 0.25) is 5.88 Å². The number of hydrogen-bond acceptors (Lipinski definition) is 3. The molecule has 0 saturated heterocycles. The Balaban J connectivity index is 1.87. The van der Waals surface area contributed by atoms with Crippen LogP contribution < -0.4 is 4.74 Å². The van der Waals surface area contributed by atoms with Crippen LogP contribution in [-0.4, -0.2) is 9.97 Å². The minimum atomic E-state index is 0.126. The number of aromatic nitrogens is 2. The molecule has 1 unspecified atom stereocenters. The van der Waals surface area contributed by atoms with Crippen molar-refractivity contribution in [2.24, 2.45) is 0 Å². The maximum atomic E-state index is 5.96. The molecule has 1 heterocycles. The Hall–Kier alpha value is -1.90. The molecule has 0 radical (unpaired) electrons. The van der Waals surface area contributed by atoms with Gasteiger partial charge in [0.05, 0.1) is 5.69 Å². The Morgan fingerprint density at radius 2 is 2.00 bits per heavy atom. The molecule has 0 amide bonds. The average molecular weight is 226 g/mol. The quantitative estimate of drug-likeness (QED) is 0.789. The van der Waals surface area contributed by atoms with Crippen LogP contribution in [0.1, 0.15) is 29.3 Å². The molecular formula is C14H14N2O. The van der Waals surface area contributed by atoms with Crippen molar-refractivity contribution in [1.29, 1.82) is 0 Å². The first kappa shape index (κ1) is 10.3. The van der Waals surface area contributed by atoms with E-state index in [1.54, 1.807) is 12.4 Å². The summed E-state index contributed by atoms with van der Waals surface area (Å²) in [6.07, 6.45) is 5.59. The minimum Gasteiger partial charge on any atom is -0.468 e. The molecule has 2 aromatic rings. The molecule has 0 N–H and O–H groups in total. The summed E-state index contributed by atoms with van der Waals surface area (Å²) in [7, 11) is 0. The minimum absolute atomic E-state index is 0.126. The lowest BCUT2D eigenvalue weighted by molar-refractivity contribution is 0.196. The number of benzene rings is 1. The van der Waals surface area contributed by atoms with E-state index < -0.39 is 0 Å². The van der Waals surface area contributed by atoms with E-state index in [-0.39, 0.29) is 6.10 Å². The zero-order chi connectivity index (χ0) is 11.7. The van der Waals surface area contributed by atoms with Gasteiger partial charge in [0, 0.05) is 12.4 Å². The van der Waals surface area contributed by atoms with E-state index in [1.165, 1.54) is 11.1 Å². The van der Waals surface area contributed by atoms with E-state index in [1.807, 2.05) is 6.92 Å². The van der Waals surface area contributed by atoms with Crippen molar-refractivity contribution < 1.29 is 4.74 Å². The number of ether oxygens (including phenoxy) is 1. The zero-order valence-electron chi connectivity index (χ0n) is 9.76. The number of aryl methyl sites for hydroxylation is 2. The van der Waals surface area contributed by atoms with Gasteiger partial charge in [-0.15, -0.1) is 0 Å². The molecule has 0 saturated carbocycles. The summed E-state index contributed by atoms with van der Waals surface area (Å²) < 4.78 is 5.96. The van der Waals surface area contributed by atoms with Crippen LogP contribution in [0.15, 0.2) is 36.7 Å². The van der Waals surface area contributed by atoms with Gasteiger partial charge in [-0.25, -0.2) is 4.98 Å². The van der Waals surface area contributed by atoms with E-state index >= 15 is 0 Å². The average Bonchev–Trinajstić information content (AvgIpc) is 2.76. The van der Waals surface area contributed by atoms with Gasteiger partial charge in [-0.3, -0.25) is 4.98 Å². The third-order valence-electron chi connectivity index (χ3n) is 3.17. The first-order chi connectivity index (χ1) is 8.34. The molecule has 1 atom stereocenters. The first-order valence-electron chi connectivity index (χ1n) is 5.86. The van der Waals surface area contributed by atoms with Crippen LogP contribution in [0.4, 0.5) is 0 Å². The van der Waals surface area contributed by atoms with Gasteiger partial charge < -0.3 is 4.74 Å². The Bertz CT molecular complexity index is 539. The van der Waals surface area contributed by atoms with Crippen LogP contribution in [0, 0.1) is 6.92 Å². The molecule has 86 valence electrons. The molecule has 1 aromatic carbocycles. The van der Waals surface area contributed by atoms with Crippen molar-refractivity contribution in [1.82, 2.24) is 9.97 Å². The summed E-state index contributed by atoms with van der Waals surface area (Å²) in [4.78, 5) is 8.42. The molecule has 0 aliphatic heterocycles. The highest BCUT2D eigenvalue weighted by Gasteiger charge is 2.24. The second-order valence-electron chi connectivity index (χ2n) is 4.29. The lowest BCUT2D eigenvalue weighted by Crippen LogP contribution is -2.06. The summed E-state index contributed by atoms with van der Waals surface area (Å²) in [6.45, 7) is 1.92. The number of nitrogens with zero attached hydrogens (tertiary/aromatic N) is 2. The predicted molar refractivity (Wildman–Crippen MR) is 64.9 cm³/mol. The topological polar surface area (TPSA) is 35.0 Å². The summed E-state index contributed by atoms with van der Waals surface area (Å²) in [6, 6.07) is 8.44. The largest absolute Gasteiger partial charge is 0.468 e. The first-order valence-corrected chi connectivity index (χ1v) is 5.86. The smallest absolute Gasteiger partial charge is 0.235 e. The van der Waals surface area contributed by atoms with Crippen molar-refractivity contribution in [3.63, 3.8) is 0 Å². The summed E-state index contributed by atoms with van der Waals surface area (Å²) in [5, 5.41) is 0. The van der Waals surface area contributed by atoms with E-state index in [9.17, 15) is 0 Å². The maximum Gasteiger partial charge on any atom is 0.235 e. The van der Waals surface area contributed by atoms with Gasteiger partial charge in [-0.2, -0.15) is 0 Å². The standard InChI is InChI=1S/C14H14N2O/c1-10-14(16-9-8-15-10)17-13-7-6-11-4-2-3-5-12(11)13/h2-5,8-9,13H,6-7H2,1H3.